The standard InChI is InChI=1S/C23H24N2/c1-2-25-22-11-7-6-10-20(22)21-16-19(12-13-23(21)25)17-24-15-14-18-8-4-3-5-9-18/h3-13,16,24H,2,14-15,17H2,1H3. The monoisotopic (exact) mass is 328 g/mol. The second kappa shape index (κ2) is 7.12. The molecule has 2 heteroatoms. The number of benzene rings is 3. The number of rotatable bonds is 6. The fourth-order valence-corrected chi connectivity index (χ4v) is 3.66. The zero-order chi connectivity index (χ0) is 17.1. The summed E-state index contributed by atoms with van der Waals surface area (Å²) in [5, 5.41) is 6.29. The van der Waals surface area contributed by atoms with E-state index in [1.54, 1.807) is 0 Å². The van der Waals surface area contributed by atoms with Crippen molar-refractivity contribution in [3.8, 4) is 0 Å². The van der Waals surface area contributed by atoms with Crippen LogP contribution in [-0.2, 0) is 19.5 Å². The molecule has 0 bridgehead atoms. The minimum atomic E-state index is 0.911. The van der Waals surface area contributed by atoms with Crippen LogP contribution < -0.4 is 5.32 Å². The molecule has 126 valence electrons. The van der Waals surface area contributed by atoms with Crippen molar-refractivity contribution in [1.82, 2.24) is 9.88 Å². The van der Waals surface area contributed by atoms with E-state index in [1.807, 2.05) is 0 Å². The Hall–Kier alpha value is -2.58. The average molecular weight is 328 g/mol. The van der Waals surface area contributed by atoms with E-state index in [1.165, 1.54) is 32.9 Å². The second-order valence-electron chi connectivity index (χ2n) is 6.53. The number of nitrogens with one attached hydrogen (secondary N) is 1. The van der Waals surface area contributed by atoms with Crippen LogP contribution in [0, 0.1) is 0 Å². The molecule has 0 unspecified atom stereocenters. The van der Waals surface area contributed by atoms with Crippen LogP contribution in [-0.4, -0.2) is 11.1 Å². The zero-order valence-corrected chi connectivity index (χ0v) is 14.7. The van der Waals surface area contributed by atoms with Crippen LogP contribution in [0.25, 0.3) is 21.8 Å². The maximum Gasteiger partial charge on any atom is 0.0491 e. The molecule has 3 aromatic carbocycles. The molecule has 0 aliphatic heterocycles. The summed E-state index contributed by atoms with van der Waals surface area (Å²) in [6, 6.07) is 26.2. The minimum absolute atomic E-state index is 0.911. The maximum absolute atomic E-state index is 3.58. The highest BCUT2D eigenvalue weighted by Gasteiger charge is 2.09. The Balaban J connectivity index is 1.52. The Morgan fingerprint density at radius 2 is 1.52 bits per heavy atom. The van der Waals surface area contributed by atoms with Crippen molar-refractivity contribution in [2.75, 3.05) is 6.54 Å². The molecule has 0 saturated carbocycles. The van der Waals surface area contributed by atoms with Gasteiger partial charge >= 0.3 is 0 Å². The first kappa shape index (κ1) is 15.9. The Labute approximate surface area is 149 Å². The Kier molecular flexibility index (Phi) is 4.53. The highest BCUT2D eigenvalue weighted by atomic mass is 15.0. The van der Waals surface area contributed by atoms with Crippen LogP contribution >= 0.6 is 0 Å². The second-order valence-corrected chi connectivity index (χ2v) is 6.53. The normalized spacial score (nSPS) is 11.4. The van der Waals surface area contributed by atoms with Gasteiger partial charge in [0, 0.05) is 34.9 Å². The van der Waals surface area contributed by atoms with Gasteiger partial charge in [-0.25, -0.2) is 0 Å². The predicted molar refractivity (Wildman–Crippen MR) is 107 cm³/mol. The van der Waals surface area contributed by atoms with Crippen molar-refractivity contribution < 1.29 is 0 Å². The molecule has 4 rings (SSSR count). The Bertz CT molecular complexity index is 983. The minimum Gasteiger partial charge on any atom is -0.341 e. The van der Waals surface area contributed by atoms with Gasteiger partial charge in [-0.05, 0) is 49.2 Å². The molecular formula is C23H24N2. The molecule has 2 nitrogen and oxygen atoms in total. The topological polar surface area (TPSA) is 17.0 Å². The van der Waals surface area contributed by atoms with Crippen LogP contribution in [0.1, 0.15) is 18.1 Å². The Morgan fingerprint density at radius 3 is 2.36 bits per heavy atom. The van der Waals surface area contributed by atoms with E-state index in [0.29, 0.717) is 0 Å². The maximum atomic E-state index is 3.58. The molecule has 4 aromatic rings. The highest BCUT2D eigenvalue weighted by molar-refractivity contribution is 6.08. The largest absolute Gasteiger partial charge is 0.341 e. The van der Waals surface area contributed by atoms with E-state index in [0.717, 1.165) is 26.1 Å². The molecule has 1 heterocycles. The lowest BCUT2D eigenvalue weighted by Crippen LogP contribution is -2.16. The van der Waals surface area contributed by atoms with Crippen LogP contribution in [0.5, 0.6) is 0 Å². The summed E-state index contributed by atoms with van der Waals surface area (Å²) in [6.45, 7) is 5.12. The predicted octanol–water partition coefficient (Wildman–Crippen LogP) is 5.15. The summed E-state index contributed by atoms with van der Waals surface area (Å²) in [5.41, 5.74) is 5.39. The molecule has 0 atom stereocenters. The van der Waals surface area contributed by atoms with Gasteiger partial charge in [0.15, 0.2) is 0 Å². The first-order valence-corrected chi connectivity index (χ1v) is 9.11. The van der Waals surface area contributed by atoms with Crippen molar-refractivity contribution in [3.63, 3.8) is 0 Å². The lowest BCUT2D eigenvalue weighted by molar-refractivity contribution is 0.687. The Morgan fingerprint density at radius 1 is 0.760 bits per heavy atom. The van der Waals surface area contributed by atoms with Gasteiger partial charge in [-0.3, -0.25) is 0 Å². The van der Waals surface area contributed by atoms with Gasteiger partial charge in [0.25, 0.3) is 0 Å². The fraction of sp³-hybridized carbons (Fsp3) is 0.217. The number of hydrogen-bond acceptors (Lipinski definition) is 1. The van der Waals surface area contributed by atoms with E-state index < -0.39 is 0 Å². The van der Waals surface area contributed by atoms with Gasteiger partial charge < -0.3 is 9.88 Å². The number of hydrogen-bond donors (Lipinski definition) is 1. The first-order valence-electron chi connectivity index (χ1n) is 9.11. The molecule has 0 amide bonds. The number of fused-ring (bicyclic) bond motifs is 3. The van der Waals surface area contributed by atoms with Crippen LogP contribution in [0.4, 0.5) is 0 Å². The van der Waals surface area contributed by atoms with E-state index in [9.17, 15) is 0 Å². The van der Waals surface area contributed by atoms with E-state index in [2.05, 4.69) is 89.6 Å². The third-order valence-corrected chi connectivity index (χ3v) is 4.92. The summed E-state index contributed by atoms with van der Waals surface area (Å²) in [4.78, 5) is 0. The van der Waals surface area contributed by atoms with Gasteiger partial charge in [0.05, 0.1) is 0 Å². The van der Waals surface area contributed by atoms with Crippen LogP contribution in [0.2, 0.25) is 0 Å². The highest BCUT2D eigenvalue weighted by Crippen LogP contribution is 2.29. The molecule has 0 radical (unpaired) electrons. The van der Waals surface area contributed by atoms with Crippen molar-refractivity contribution in [1.29, 1.82) is 0 Å². The molecule has 0 saturated heterocycles. The summed E-state index contributed by atoms with van der Waals surface area (Å²) in [5.74, 6) is 0. The molecule has 25 heavy (non-hydrogen) atoms. The van der Waals surface area contributed by atoms with Gasteiger partial charge in [0.1, 0.15) is 0 Å². The number of aryl methyl sites for hydroxylation is 1. The number of para-hydroxylation sites is 1. The van der Waals surface area contributed by atoms with Gasteiger partial charge in [-0.2, -0.15) is 0 Å². The van der Waals surface area contributed by atoms with Crippen molar-refractivity contribution in [3.05, 3.63) is 83.9 Å². The average Bonchev–Trinajstić information content (AvgIpc) is 2.99. The molecular weight excluding hydrogens is 304 g/mol. The SMILES string of the molecule is CCn1c2ccccc2c2cc(CNCCc3ccccc3)ccc21. The summed E-state index contributed by atoms with van der Waals surface area (Å²) in [6.07, 6.45) is 1.07. The molecule has 0 spiro atoms. The van der Waals surface area contributed by atoms with Crippen molar-refractivity contribution in [2.45, 2.75) is 26.4 Å². The van der Waals surface area contributed by atoms with Crippen LogP contribution in [0.3, 0.4) is 0 Å². The fourth-order valence-electron chi connectivity index (χ4n) is 3.66. The smallest absolute Gasteiger partial charge is 0.0491 e. The third-order valence-electron chi connectivity index (χ3n) is 4.92. The quantitative estimate of drug-likeness (QED) is 0.485. The summed E-state index contributed by atoms with van der Waals surface area (Å²) < 4.78 is 2.40. The van der Waals surface area contributed by atoms with E-state index in [-0.39, 0.29) is 0 Å². The number of nitrogens with zero attached hydrogens (tertiary/aromatic N) is 1. The first-order chi connectivity index (χ1) is 12.4. The molecule has 0 aliphatic carbocycles. The summed E-state index contributed by atoms with van der Waals surface area (Å²) in [7, 11) is 0. The number of aromatic nitrogens is 1. The van der Waals surface area contributed by atoms with E-state index in [4.69, 9.17) is 0 Å². The van der Waals surface area contributed by atoms with Crippen molar-refractivity contribution in [2.24, 2.45) is 0 Å². The third kappa shape index (κ3) is 3.18. The molecule has 1 N–H and O–H groups in total. The van der Waals surface area contributed by atoms with Crippen LogP contribution in [0.15, 0.2) is 72.8 Å². The van der Waals surface area contributed by atoms with Crippen molar-refractivity contribution >= 4 is 21.8 Å². The molecule has 0 aliphatic rings. The zero-order valence-electron chi connectivity index (χ0n) is 14.7. The lowest BCUT2D eigenvalue weighted by atomic mass is 10.1. The molecule has 1 aromatic heterocycles. The van der Waals surface area contributed by atoms with E-state index >= 15 is 0 Å². The summed E-state index contributed by atoms with van der Waals surface area (Å²) >= 11 is 0. The van der Waals surface area contributed by atoms with Gasteiger partial charge in [0.2, 0.25) is 0 Å². The van der Waals surface area contributed by atoms with Gasteiger partial charge in [-0.15, -0.1) is 0 Å². The lowest BCUT2D eigenvalue weighted by Gasteiger charge is -2.07. The molecule has 0 fully saturated rings. The van der Waals surface area contributed by atoms with Gasteiger partial charge in [-0.1, -0.05) is 54.6 Å².